The molecule has 0 aliphatic carbocycles. The number of carbonyl (C=O) groups is 1. The Bertz CT molecular complexity index is 938. The highest BCUT2D eigenvalue weighted by atomic mass is 32.2. The molecule has 2 aliphatic heterocycles. The minimum absolute atomic E-state index is 0.176. The Morgan fingerprint density at radius 3 is 2.31 bits per heavy atom. The molecule has 2 fully saturated rings. The van der Waals surface area contributed by atoms with Crippen molar-refractivity contribution in [1.29, 1.82) is 0 Å². The number of nitrogen functional groups attached to an aromatic ring is 1. The number of ether oxygens (including phenoxy) is 2. The van der Waals surface area contributed by atoms with Crippen LogP contribution in [-0.4, -0.2) is 58.3 Å². The fourth-order valence-corrected chi connectivity index (χ4v) is 5.76. The highest BCUT2D eigenvalue weighted by Crippen LogP contribution is 2.30. The van der Waals surface area contributed by atoms with Crippen LogP contribution in [-0.2, 0) is 26.9 Å². The van der Waals surface area contributed by atoms with Crippen LogP contribution in [0.2, 0.25) is 0 Å². The van der Waals surface area contributed by atoms with Gasteiger partial charge in [-0.05, 0) is 61.4 Å². The lowest BCUT2D eigenvalue weighted by Gasteiger charge is -2.26. The van der Waals surface area contributed by atoms with Crippen molar-refractivity contribution in [2.24, 2.45) is 11.8 Å². The van der Waals surface area contributed by atoms with Crippen molar-refractivity contribution < 1.29 is 23.6 Å². The standard InChI is InChI=1S/C21H29N3O3S.C6H10O2/c1-16(2)15-24(28(27)20-10-8-18(22)9-11-20)13-12-19(23-21(25)26)14-17-6-4-3-5-7-17;1-3-7-6-5(1)2-4-8-6/h3-11,16,19,23H,12-15,22H2,1-2H3,(H,25,26);5-6H,1-4H2/t19-,28?;/m1./s1. The van der Waals surface area contributed by atoms with Crippen molar-refractivity contribution in [2.75, 3.05) is 32.0 Å². The van der Waals surface area contributed by atoms with Crippen molar-refractivity contribution in [2.45, 2.75) is 56.8 Å². The highest BCUT2D eigenvalue weighted by Gasteiger charge is 2.33. The largest absolute Gasteiger partial charge is 0.465 e. The van der Waals surface area contributed by atoms with E-state index < -0.39 is 17.1 Å². The predicted molar refractivity (Wildman–Crippen MR) is 142 cm³/mol. The van der Waals surface area contributed by atoms with Gasteiger partial charge in [-0.1, -0.05) is 44.2 Å². The summed E-state index contributed by atoms with van der Waals surface area (Å²) in [6.45, 7) is 7.15. The van der Waals surface area contributed by atoms with E-state index >= 15 is 0 Å². The molecular weight excluding hydrogens is 478 g/mol. The molecule has 0 spiro atoms. The number of anilines is 1. The Kier molecular flexibility index (Phi) is 11.2. The third kappa shape index (κ3) is 9.20. The van der Waals surface area contributed by atoms with Crippen molar-refractivity contribution >= 4 is 22.8 Å². The number of nitrogens with zero attached hydrogens (tertiary/aromatic N) is 1. The average molecular weight is 518 g/mol. The molecule has 2 heterocycles. The maximum absolute atomic E-state index is 13.0. The summed E-state index contributed by atoms with van der Waals surface area (Å²) in [5.74, 6) is 1.06. The van der Waals surface area contributed by atoms with Crippen LogP contribution in [0.1, 0.15) is 38.7 Å². The van der Waals surface area contributed by atoms with Gasteiger partial charge in [0.1, 0.15) is 11.0 Å². The quantitative estimate of drug-likeness (QED) is 0.405. The average Bonchev–Trinajstić information content (AvgIpc) is 3.48. The second-order valence-corrected chi connectivity index (χ2v) is 11.2. The third-order valence-corrected chi connectivity index (χ3v) is 7.67. The SMILES string of the molecule is C1CC2CCOC2O1.CC(C)CN(CC[C@H](Cc1ccccc1)NC(=O)O)S(=O)c1ccc(N)cc1. The van der Waals surface area contributed by atoms with Gasteiger partial charge in [0.25, 0.3) is 0 Å². The molecule has 0 aromatic heterocycles. The van der Waals surface area contributed by atoms with E-state index in [1.54, 1.807) is 24.3 Å². The minimum atomic E-state index is -1.32. The molecule has 198 valence electrons. The Balaban J connectivity index is 0.000000375. The lowest BCUT2D eigenvalue weighted by atomic mass is 10.0. The number of rotatable bonds is 10. The van der Waals surface area contributed by atoms with Crippen molar-refractivity contribution in [1.82, 2.24) is 9.62 Å². The number of nitrogens with one attached hydrogen (secondary N) is 1. The molecule has 36 heavy (non-hydrogen) atoms. The lowest BCUT2D eigenvalue weighted by molar-refractivity contribution is -0.0904. The van der Waals surface area contributed by atoms with Crippen molar-refractivity contribution in [3.8, 4) is 0 Å². The molecule has 2 saturated heterocycles. The van der Waals surface area contributed by atoms with E-state index in [9.17, 15) is 14.1 Å². The summed E-state index contributed by atoms with van der Waals surface area (Å²) in [6.07, 6.45) is 2.72. The molecule has 4 rings (SSSR count). The summed E-state index contributed by atoms with van der Waals surface area (Å²) in [7, 11) is -1.32. The fourth-order valence-electron chi connectivity index (χ4n) is 4.39. The van der Waals surface area contributed by atoms with Gasteiger partial charge in [-0.15, -0.1) is 0 Å². The lowest BCUT2D eigenvalue weighted by Crippen LogP contribution is -2.40. The predicted octanol–water partition coefficient (Wildman–Crippen LogP) is 4.29. The maximum Gasteiger partial charge on any atom is 0.404 e. The number of nitrogens with two attached hydrogens (primary N) is 1. The van der Waals surface area contributed by atoms with E-state index in [1.165, 1.54) is 12.8 Å². The van der Waals surface area contributed by atoms with Crippen molar-refractivity contribution in [3.63, 3.8) is 0 Å². The van der Waals surface area contributed by atoms with Crippen LogP contribution in [0.3, 0.4) is 0 Å². The zero-order valence-electron chi connectivity index (χ0n) is 21.2. The van der Waals surface area contributed by atoms with Crippen molar-refractivity contribution in [3.05, 3.63) is 60.2 Å². The molecule has 1 unspecified atom stereocenters. The third-order valence-electron chi connectivity index (χ3n) is 6.19. The van der Waals surface area contributed by atoms with E-state index in [1.807, 2.05) is 34.6 Å². The Labute approximate surface area is 216 Å². The number of benzene rings is 2. The zero-order valence-corrected chi connectivity index (χ0v) is 22.0. The maximum atomic E-state index is 13.0. The number of carboxylic acid groups (broad SMARTS) is 1. The molecule has 1 amide bonds. The van der Waals surface area contributed by atoms with E-state index in [-0.39, 0.29) is 12.3 Å². The number of fused-ring (bicyclic) bond motifs is 1. The molecule has 0 bridgehead atoms. The fraction of sp³-hybridized carbons (Fsp3) is 0.519. The van der Waals surface area contributed by atoms with Crippen LogP contribution in [0.4, 0.5) is 10.5 Å². The van der Waals surface area contributed by atoms with E-state index in [4.69, 9.17) is 15.2 Å². The molecular formula is C27H39N3O5S. The minimum Gasteiger partial charge on any atom is -0.465 e. The number of amides is 1. The van der Waals surface area contributed by atoms with E-state index in [0.717, 1.165) is 24.7 Å². The molecule has 2 aromatic carbocycles. The van der Waals surface area contributed by atoms with Crippen LogP contribution in [0.5, 0.6) is 0 Å². The summed E-state index contributed by atoms with van der Waals surface area (Å²) < 4.78 is 25.5. The van der Waals surface area contributed by atoms with Gasteiger partial charge in [-0.3, -0.25) is 0 Å². The van der Waals surface area contributed by atoms with Crippen LogP contribution in [0.25, 0.3) is 0 Å². The highest BCUT2D eigenvalue weighted by molar-refractivity contribution is 7.82. The second kappa shape index (κ2) is 14.3. The summed E-state index contributed by atoms with van der Waals surface area (Å²) in [5, 5.41) is 11.8. The number of hydrogen-bond acceptors (Lipinski definition) is 5. The van der Waals surface area contributed by atoms with Gasteiger partial charge >= 0.3 is 6.09 Å². The second-order valence-electron chi connectivity index (χ2n) is 9.67. The molecule has 9 heteroatoms. The smallest absolute Gasteiger partial charge is 0.404 e. The van der Waals surface area contributed by atoms with Gasteiger partial charge < -0.3 is 25.6 Å². The molecule has 0 radical (unpaired) electrons. The van der Waals surface area contributed by atoms with E-state index in [0.29, 0.717) is 42.4 Å². The normalized spacial score (nSPS) is 20.4. The summed E-state index contributed by atoms with van der Waals surface area (Å²) in [6, 6.07) is 16.6. The van der Waals surface area contributed by atoms with Gasteiger partial charge in [-0.25, -0.2) is 13.3 Å². The zero-order chi connectivity index (χ0) is 25.9. The monoisotopic (exact) mass is 517 g/mol. The summed E-state index contributed by atoms with van der Waals surface area (Å²) >= 11 is 0. The van der Waals surface area contributed by atoms with Crippen LogP contribution < -0.4 is 11.1 Å². The van der Waals surface area contributed by atoms with Gasteiger partial charge in [0, 0.05) is 30.7 Å². The van der Waals surface area contributed by atoms with Gasteiger partial charge in [-0.2, -0.15) is 0 Å². The topological polar surface area (TPSA) is 114 Å². The van der Waals surface area contributed by atoms with Gasteiger partial charge in [0.15, 0.2) is 6.29 Å². The molecule has 8 nitrogen and oxygen atoms in total. The Hall–Kier alpha value is -2.46. The van der Waals surface area contributed by atoms with Crippen LogP contribution >= 0.6 is 0 Å². The Morgan fingerprint density at radius 1 is 1.11 bits per heavy atom. The number of hydrogen-bond donors (Lipinski definition) is 3. The van der Waals surface area contributed by atoms with Gasteiger partial charge in [0.2, 0.25) is 0 Å². The first-order valence-corrected chi connectivity index (χ1v) is 13.7. The first-order valence-electron chi connectivity index (χ1n) is 12.6. The molecule has 0 saturated carbocycles. The molecule has 2 aliphatic rings. The molecule has 2 atom stereocenters. The Morgan fingerprint density at radius 2 is 1.75 bits per heavy atom. The van der Waals surface area contributed by atoms with Gasteiger partial charge in [0.05, 0.1) is 18.1 Å². The first kappa shape index (κ1) is 28.1. The summed E-state index contributed by atoms with van der Waals surface area (Å²) in [5.41, 5.74) is 7.42. The van der Waals surface area contributed by atoms with E-state index in [2.05, 4.69) is 19.2 Å². The molecule has 4 N–H and O–H groups in total. The first-order chi connectivity index (χ1) is 17.3. The van der Waals surface area contributed by atoms with Crippen LogP contribution in [0.15, 0.2) is 59.5 Å². The summed E-state index contributed by atoms with van der Waals surface area (Å²) in [4.78, 5) is 11.9. The van der Waals surface area contributed by atoms with Crippen LogP contribution in [0, 0.1) is 11.8 Å². The molecule has 2 aromatic rings.